The number of aromatic amines is 1. The van der Waals surface area contributed by atoms with E-state index in [-0.39, 0.29) is 17.9 Å². The van der Waals surface area contributed by atoms with Crippen LogP contribution in [0.3, 0.4) is 0 Å². The highest BCUT2D eigenvalue weighted by atomic mass is 79.9. The molecule has 0 saturated heterocycles. The Morgan fingerprint density at radius 1 is 1.35 bits per heavy atom. The molecule has 4 nitrogen and oxygen atoms in total. The Kier molecular flexibility index (Phi) is 3.64. The third-order valence-electron chi connectivity index (χ3n) is 3.88. The predicted molar refractivity (Wildman–Crippen MR) is 84.8 cm³/mol. The first-order chi connectivity index (χ1) is 9.54. The zero-order chi connectivity index (χ0) is 14.3. The van der Waals surface area contributed by atoms with Gasteiger partial charge in [-0.1, -0.05) is 0 Å². The van der Waals surface area contributed by atoms with Gasteiger partial charge in [-0.05, 0) is 56.8 Å². The summed E-state index contributed by atoms with van der Waals surface area (Å²) in [5.41, 5.74) is 1.46. The normalized spacial score (nSPS) is 16.4. The third-order valence-corrected chi connectivity index (χ3v) is 5.73. The number of carbonyl (C=O) groups is 1. The number of carbonyl (C=O) groups excluding carboxylic acids is 1. The molecule has 1 aliphatic carbocycles. The maximum Gasteiger partial charge on any atom is 0.253 e. The summed E-state index contributed by atoms with van der Waals surface area (Å²) in [6.07, 6.45) is 3.68. The zero-order valence-electron chi connectivity index (χ0n) is 10.7. The van der Waals surface area contributed by atoms with Crippen molar-refractivity contribution in [1.29, 1.82) is 0 Å². The Morgan fingerprint density at radius 2 is 2.05 bits per heavy atom. The highest BCUT2D eigenvalue weighted by molar-refractivity contribution is 9.13. The lowest BCUT2D eigenvalue weighted by molar-refractivity contribution is 0.0937. The van der Waals surface area contributed by atoms with Crippen LogP contribution in [-0.2, 0) is 0 Å². The van der Waals surface area contributed by atoms with Gasteiger partial charge in [0.2, 0.25) is 0 Å². The molecular weight excluding hydrogens is 388 g/mol. The molecule has 1 aliphatic rings. The van der Waals surface area contributed by atoms with E-state index in [1.807, 2.05) is 12.1 Å². The van der Waals surface area contributed by atoms with Crippen molar-refractivity contribution in [1.82, 2.24) is 10.3 Å². The lowest BCUT2D eigenvalue weighted by Gasteiger charge is -2.12. The average molecular weight is 402 g/mol. The van der Waals surface area contributed by atoms with Gasteiger partial charge in [-0.15, -0.1) is 0 Å². The number of fused-ring (bicyclic) bond motifs is 1. The molecule has 1 fully saturated rings. The molecular formula is C14H14Br2N2O2. The molecule has 1 aromatic heterocycles. The van der Waals surface area contributed by atoms with E-state index < -0.39 is 0 Å². The fourth-order valence-electron chi connectivity index (χ4n) is 2.24. The molecule has 3 N–H and O–H groups in total. The van der Waals surface area contributed by atoms with E-state index in [1.54, 1.807) is 6.20 Å². The second-order valence-electron chi connectivity index (χ2n) is 5.36. The second-order valence-corrected chi connectivity index (χ2v) is 7.06. The smallest absolute Gasteiger partial charge is 0.253 e. The van der Waals surface area contributed by atoms with Gasteiger partial charge >= 0.3 is 0 Å². The van der Waals surface area contributed by atoms with Crippen LogP contribution >= 0.6 is 31.9 Å². The molecule has 1 amide bonds. The average Bonchev–Trinajstić information content (AvgIpc) is 3.12. The van der Waals surface area contributed by atoms with Crippen LogP contribution < -0.4 is 5.32 Å². The molecule has 1 aromatic carbocycles. The maximum atomic E-state index is 12.3. The van der Waals surface area contributed by atoms with E-state index in [0.29, 0.717) is 12.1 Å². The van der Waals surface area contributed by atoms with Crippen LogP contribution in [0, 0.1) is 5.41 Å². The van der Waals surface area contributed by atoms with Crippen LogP contribution in [0.2, 0.25) is 0 Å². The van der Waals surface area contributed by atoms with Crippen LogP contribution in [-0.4, -0.2) is 29.1 Å². The topological polar surface area (TPSA) is 65.1 Å². The molecule has 0 aliphatic heterocycles. The number of benzene rings is 1. The number of halogens is 2. The van der Waals surface area contributed by atoms with Gasteiger partial charge in [0.15, 0.2) is 0 Å². The molecule has 2 aromatic rings. The van der Waals surface area contributed by atoms with E-state index in [9.17, 15) is 9.90 Å². The molecule has 20 heavy (non-hydrogen) atoms. The molecule has 0 atom stereocenters. The van der Waals surface area contributed by atoms with E-state index >= 15 is 0 Å². The fourth-order valence-corrected chi connectivity index (χ4v) is 2.92. The molecule has 3 rings (SSSR count). The minimum Gasteiger partial charge on any atom is -0.396 e. The van der Waals surface area contributed by atoms with Crippen LogP contribution in [0.25, 0.3) is 10.9 Å². The summed E-state index contributed by atoms with van der Waals surface area (Å²) in [5, 5.41) is 13.1. The summed E-state index contributed by atoms with van der Waals surface area (Å²) in [6.45, 7) is 0.673. The lowest BCUT2D eigenvalue weighted by atomic mass is 10.1. The Labute approximate surface area is 133 Å². The van der Waals surface area contributed by atoms with Crippen molar-refractivity contribution >= 4 is 48.7 Å². The number of hydrogen-bond acceptors (Lipinski definition) is 2. The van der Waals surface area contributed by atoms with Gasteiger partial charge in [-0.2, -0.15) is 0 Å². The number of aliphatic hydroxyl groups is 1. The molecule has 106 valence electrons. The van der Waals surface area contributed by atoms with Crippen LogP contribution in [0.15, 0.2) is 27.3 Å². The Balaban J connectivity index is 1.83. The van der Waals surface area contributed by atoms with E-state index in [0.717, 1.165) is 32.7 Å². The Hall–Kier alpha value is -0.850. The van der Waals surface area contributed by atoms with Crippen LogP contribution in [0.1, 0.15) is 23.2 Å². The number of rotatable bonds is 4. The molecule has 1 saturated carbocycles. The third kappa shape index (κ3) is 2.52. The summed E-state index contributed by atoms with van der Waals surface area (Å²) >= 11 is 6.89. The van der Waals surface area contributed by atoms with Gasteiger partial charge < -0.3 is 15.4 Å². The summed E-state index contributed by atoms with van der Waals surface area (Å²) in [6, 6.07) is 3.86. The van der Waals surface area contributed by atoms with Gasteiger partial charge in [0, 0.05) is 38.0 Å². The van der Waals surface area contributed by atoms with Crippen molar-refractivity contribution in [2.75, 3.05) is 13.2 Å². The van der Waals surface area contributed by atoms with Crippen molar-refractivity contribution in [3.8, 4) is 0 Å². The van der Waals surface area contributed by atoms with Crippen molar-refractivity contribution < 1.29 is 9.90 Å². The van der Waals surface area contributed by atoms with E-state index in [4.69, 9.17) is 0 Å². The summed E-state index contributed by atoms with van der Waals surface area (Å²) in [4.78, 5) is 15.4. The number of nitrogens with one attached hydrogen (secondary N) is 2. The Morgan fingerprint density at radius 3 is 2.70 bits per heavy atom. The second kappa shape index (κ2) is 5.16. The SMILES string of the molecule is O=C(NCC1(CO)CC1)c1c[nH]c2cc(Br)c(Br)cc12. The van der Waals surface area contributed by atoms with Crippen LogP contribution in [0.5, 0.6) is 0 Å². The fraction of sp³-hybridized carbons (Fsp3) is 0.357. The number of aliphatic hydroxyl groups excluding tert-OH is 1. The monoisotopic (exact) mass is 400 g/mol. The van der Waals surface area contributed by atoms with Crippen molar-refractivity contribution in [2.24, 2.45) is 5.41 Å². The van der Waals surface area contributed by atoms with E-state index in [1.165, 1.54) is 0 Å². The molecule has 0 spiro atoms. The molecule has 1 heterocycles. The minimum absolute atomic E-state index is 0.0780. The van der Waals surface area contributed by atoms with Crippen molar-refractivity contribution in [2.45, 2.75) is 12.8 Å². The molecule has 0 unspecified atom stereocenters. The highest BCUT2D eigenvalue weighted by Crippen LogP contribution is 2.44. The minimum atomic E-state index is -0.106. The predicted octanol–water partition coefficient (Wildman–Crippen LogP) is 3.20. The first kappa shape index (κ1) is 14.1. The quantitative estimate of drug-likeness (QED) is 0.736. The van der Waals surface area contributed by atoms with Gasteiger partial charge in [0.05, 0.1) is 12.2 Å². The van der Waals surface area contributed by atoms with Crippen molar-refractivity contribution in [3.05, 3.63) is 32.8 Å². The van der Waals surface area contributed by atoms with Gasteiger partial charge in [-0.3, -0.25) is 4.79 Å². The molecule has 0 radical (unpaired) electrons. The van der Waals surface area contributed by atoms with E-state index in [2.05, 4.69) is 42.2 Å². The summed E-state index contributed by atoms with van der Waals surface area (Å²) < 4.78 is 1.85. The number of H-pyrrole nitrogens is 1. The van der Waals surface area contributed by atoms with Gasteiger partial charge in [-0.25, -0.2) is 0 Å². The van der Waals surface area contributed by atoms with Crippen molar-refractivity contribution in [3.63, 3.8) is 0 Å². The lowest BCUT2D eigenvalue weighted by Crippen LogP contribution is -2.31. The van der Waals surface area contributed by atoms with Crippen LogP contribution in [0.4, 0.5) is 0 Å². The number of aromatic nitrogens is 1. The molecule has 6 heteroatoms. The molecule has 0 bridgehead atoms. The summed E-state index contributed by atoms with van der Waals surface area (Å²) in [7, 11) is 0. The zero-order valence-corrected chi connectivity index (χ0v) is 13.8. The summed E-state index contributed by atoms with van der Waals surface area (Å²) in [5.74, 6) is -0.106. The number of hydrogen-bond donors (Lipinski definition) is 3. The Bertz CT molecular complexity index is 677. The van der Waals surface area contributed by atoms with Gasteiger partial charge in [0.1, 0.15) is 0 Å². The first-order valence-electron chi connectivity index (χ1n) is 6.40. The number of amides is 1. The standard InChI is InChI=1S/C14H14Br2N2O2/c15-10-3-8-9(5-17-12(8)4-11(10)16)13(20)18-6-14(7-19)1-2-14/h3-5,17,19H,1-2,6-7H2,(H,18,20). The largest absolute Gasteiger partial charge is 0.396 e. The highest BCUT2D eigenvalue weighted by Gasteiger charge is 2.42. The first-order valence-corrected chi connectivity index (χ1v) is 7.98. The maximum absolute atomic E-state index is 12.3. The van der Waals surface area contributed by atoms with Gasteiger partial charge in [0.25, 0.3) is 5.91 Å².